The van der Waals surface area contributed by atoms with Crippen molar-refractivity contribution in [1.82, 2.24) is 19.6 Å². The van der Waals surface area contributed by atoms with Crippen molar-refractivity contribution < 1.29 is 0 Å². The predicted molar refractivity (Wildman–Crippen MR) is 67.4 cm³/mol. The minimum Gasteiger partial charge on any atom is -0.271 e. The Morgan fingerprint density at radius 2 is 2.06 bits per heavy atom. The molecule has 0 amide bonds. The van der Waals surface area contributed by atoms with Crippen molar-refractivity contribution in [2.24, 2.45) is 0 Å². The van der Waals surface area contributed by atoms with E-state index in [1.54, 1.807) is 6.33 Å². The highest BCUT2D eigenvalue weighted by Crippen LogP contribution is 2.35. The lowest BCUT2D eigenvalue weighted by atomic mass is 10.1. The van der Waals surface area contributed by atoms with Crippen LogP contribution in [-0.4, -0.2) is 19.6 Å². The summed E-state index contributed by atoms with van der Waals surface area (Å²) in [6.07, 6.45) is 9.85. The van der Waals surface area contributed by atoms with Gasteiger partial charge in [0, 0.05) is 4.88 Å². The molecule has 1 aliphatic carbocycles. The summed E-state index contributed by atoms with van der Waals surface area (Å²) < 4.78 is 1.92. The summed E-state index contributed by atoms with van der Waals surface area (Å²) in [4.78, 5) is 7.16. The van der Waals surface area contributed by atoms with Crippen LogP contribution in [0.25, 0.3) is 15.9 Å². The molecule has 0 spiro atoms. The van der Waals surface area contributed by atoms with Gasteiger partial charge in [0.25, 0.3) is 0 Å². The van der Waals surface area contributed by atoms with Crippen LogP contribution in [0.15, 0.2) is 12.7 Å². The van der Waals surface area contributed by atoms with E-state index in [1.807, 2.05) is 22.1 Å². The van der Waals surface area contributed by atoms with E-state index < -0.39 is 0 Å². The van der Waals surface area contributed by atoms with Crippen LogP contribution in [-0.2, 0) is 12.8 Å². The van der Waals surface area contributed by atoms with E-state index in [2.05, 4.69) is 15.2 Å². The first kappa shape index (κ1) is 9.53. The lowest BCUT2D eigenvalue weighted by molar-refractivity contribution is 0.713. The molecule has 0 bridgehead atoms. The van der Waals surface area contributed by atoms with E-state index >= 15 is 0 Å². The average molecular weight is 244 g/mol. The molecule has 1 aliphatic rings. The maximum atomic E-state index is 4.52. The minimum absolute atomic E-state index is 0.967. The van der Waals surface area contributed by atoms with Gasteiger partial charge in [-0.1, -0.05) is 6.42 Å². The first-order chi connectivity index (χ1) is 8.43. The SMILES string of the molecule is c1nnc2c3c4c(sc3ncn12)CCCCC4. The zero-order valence-corrected chi connectivity index (χ0v) is 10.2. The van der Waals surface area contributed by atoms with Crippen LogP contribution in [0, 0.1) is 0 Å². The number of nitrogens with zero attached hydrogens (tertiary/aromatic N) is 4. The topological polar surface area (TPSA) is 43.1 Å². The molecule has 0 aliphatic heterocycles. The molecule has 17 heavy (non-hydrogen) atoms. The van der Waals surface area contributed by atoms with E-state index in [4.69, 9.17) is 0 Å². The molecule has 0 radical (unpaired) electrons. The molecule has 0 saturated heterocycles. The second kappa shape index (κ2) is 3.50. The molecule has 0 fully saturated rings. The van der Waals surface area contributed by atoms with Crippen molar-refractivity contribution in [3.05, 3.63) is 23.1 Å². The zero-order chi connectivity index (χ0) is 11.2. The Balaban J connectivity index is 2.13. The van der Waals surface area contributed by atoms with Gasteiger partial charge in [-0.15, -0.1) is 21.5 Å². The van der Waals surface area contributed by atoms with Gasteiger partial charge in [-0.05, 0) is 31.2 Å². The number of hydrogen-bond donors (Lipinski definition) is 0. The Labute approximate surface area is 102 Å². The van der Waals surface area contributed by atoms with Crippen LogP contribution in [0.5, 0.6) is 0 Å². The number of aryl methyl sites for hydroxylation is 2. The Hall–Kier alpha value is -1.49. The van der Waals surface area contributed by atoms with Gasteiger partial charge in [-0.3, -0.25) is 4.40 Å². The molecule has 4 nitrogen and oxygen atoms in total. The number of rotatable bonds is 0. The molecule has 0 saturated carbocycles. The first-order valence-electron chi connectivity index (χ1n) is 6.02. The largest absolute Gasteiger partial charge is 0.271 e. The Morgan fingerprint density at radius 1 is 1.12 bits per heavy atom. The third-order valence-electron chi connectivity index (χ3n) is 3.50. The van der Waals surface area contributed by atoms with Crippen LogP contribution in [0.3, 0.4) is 0 Å². The van der Waals surface area contributed by atoms with Gasteiger partial charge >= 0.3 is 0 Å². The van der Waals surface area contributed by atoms with Crippen LogP contribution < -0.4 is 0 Å². The maximum Gasteiger partial charge on any atom is 0.172 e. The summed E-state index contributed by atoms with van der Waals surface area (Å²) in [7, 11) is 0. The second-order valence-corrected chi connectivity index (χ2v) is 5.63. The minimum atomic E-state index is 0.967. The van der Waals surface area contributed by atoms with E-state index in [0.29, 0.717) is 0 Å². The predicted octanol–water partition coefficient (Wildman–Crippen LogP) is 2.61. The molecular formula is C12H12N4S. The standard InChI is InChI=1S/C12H12N4S/c1-2-4-8-9(5-3-1)17-12-10(8)11-15-14-7-16(11)6-13-12/h6-7H,1-5H2. The van der Waals surface area contributed by atoms with Gasteiger partial charge in [0.2, 0.25) is 0 Å². The summed E-state index contributed by atoms with van der Waals surface area (Å²) in [5.41, 5.74) is 2.45. The summed E-state index contributed by atoms with van der Waals surface area (Å²) in [5, 5.41) is 9.46. The van der Waals surface area contributed by atoms with Crippen LogP contribution >= 0.6 is 11.3 Å². The summed E-state index contributed by atoms with van der Waals surface area (Å²) in [6.45, 7) is 0. The Bertz CT molecular complexity index is 697. The van der Waals surface area contributed by atoms with Gasteiger partial charge in [0.1, 0.15) is 17.5 Å². The van der Waals surface area contributed by atoms with Gasteiger partial charge in [0.15, 0.2) is 5.65 Å². The molecular weight excluding hydrogens is 232 g/mol. The number of hydrogen-bond acceptors (Lipinski definition) is 4. The molecule has 4 rings (SSSR count). The third-order valence-corrected chi connectivity index (χ3v) is 4.70. The number of fused-ring (bicyclic) bond motifs is 5. The van der Waals surface area contributed by atoms with Crippen molar-refractivity contribution in [3.8, 4) is 0 Å². The maximum absolute atomic E-state index is 4.52. The molecule has 3 aromatic heterocycles. The highest BCUT2D eigenvalue weighted by Gasteiger charge is 2.18. The molecule has 3 heterocycles. The van der Waals surface area contributed by atoms with Gasteiger partial charge in [0.05, 0.1) is 5.39 Å². The summed E-state index contributed by atoms with van der Waals surface area (Å²) in [6, 6.07) is 0. The second-order valence-electron chi connectivity index (χ2n) is 4.55. The van der Waals surface area contributed by atoms with Crippen molar-refractivity contribution in [2.75, 3.05) is 0 Å². The van der Waals surface area contributed by atoms with Gasteiger partial charge in [-0.25, -0.2) is 4.98 Å². The van der Waals surface area contributed by atoms with E-state index in [0.717, 1.165) is 10.5 Å². The van der Waals surface area contributed by atoms with Crippen molar-refractivity contribution in [3.63, 3.8) is 0 Å². The van der Waals surface area contributed by atoms with Crippen molar-refractivity contribution >= 4 is 27.2 Å². The van der Waals surface area contributed by atoms with E-state index in [1.165, 1.54) is 47.9 Å². The van der Waals surface area contributed by atoms with Gasteiger partial charge < -0.3 is 0 Å². The fraction of sp³-hybridized carbons (Fsp3) is 0.417. The summed E-state index contributed by atoms with van der Waals surface area (Å²) >= 11 is 1.84. The van der Waals surface area contributed by atoms with Crippen LogP contribution in [0.4, 0.5) is 0 Å². The molecule has 0 unspecified atom stereocenters. The normalized spacial score (nSPS) is 16.2. The molecule has 5 heteroatoms. The van der Waals surface area contributed by atoms with Crippen LogP contribution in [0.1, 0.15) is 29.7 Å². The molecule has 0 aromatic carbocycles. The zero-order valence-electron chi connectivity index (χ0n) is 9.39. The fourth-order valence-corrected chi connectivity index (χ4v) is 3.89. The van der Waals surface area contributed by atoms with E-state index in [9.17, 15) is 0 Å². The lowest BCUT2D eigenvalue weighted by Crippen LogP contribution is -1.90. The molecule has 86 valence electrons. The average Bonchev–Trinajstić information content (AvgIpc) is 2.87. The van der Waals surface area contributed by atoms with Gasteiger partial charge in [-0.2, -0.15) is 0 Å². The molecule has 3 aromatic rings. The number of thiophene rings is 1. The Kier molecular flexibility index (Phi) is 1.96. The lowest BCUT2D eigenvalue weighted by Gasteiger charge is -1.98. The van der Waals surface area contributed by atoms with Crippen molar-refractivity contribution in [2.45, 2.75) is 32.1 Å². The fourth-order valence-electron chi connectivity index (χ4n) is 2.67. The molecule has 0 N–H and O–H groups in total. The highest BCUT2D eigenvalue weighted by molar-refractivity contribution is 7.19. The Morgan fingerprint density at radius 3 is 3.06 bits per heavy atom. The monoisotopic (exact) mass is 244 g/mol. The van der Waals surface area contributed by atoms with E-state index in [-0.39, 0.29) is 0 Å². The number of aromatic nitrogens is 4. The highest BCUT2D eigenvalue weighted by atomic mass is 32.1. The molecule has 0 atom stereocenters. The third kappa shape index (κ3) is 1.32. The smallest absolute Gasteiger partial charge is 0.172 e. The quantitative estimate of drug-likeness (QED) is 0.571. The van der Waals surface area contributed by atoms with Crippen LogP contribution in [0.2, 0.25) is 0 Å². The van der Waals surface area contributed by atoms with Crippen molar-refractivity contribution in [1.29, 1.82) is 0 Å². The summed E-state index contributed by atoms with van der Waals surface area (Å²) in [5.74, 6) is 0. The first-order valence-corrected chi connectivity index (χ1v) is 6.84.